The second kappa shape index (κ2) is 5.97. The number of nitrogens with zero attached hydrogens (tertiary/aromatic N) is 3. The molecule has 0 atom stereocenters. The quantitative estimate of drug-likeness (QED) is 0.275. The first-order valence-corrected chi connectivity index (χ1v) is 6.95. The fraction of sp³-hybridized carbons (Fsp3) is 0.571. The Morgan fingerprint density at radius 1 is 1.24 bits per heavy atom. The Morgan fingerprint density at radius 2 is 1.90 bits per heavy atom. The highest BCUT2D eigenvalue weighted by molar-refractivity contribution is 6.62. The van der Waals surface area contributed by atoms with Crippen LogP contribution in [0.15, 0.2) is 29.4 Å². The first-order chi connectivity index (χ1) is 9.86. The molecule has 0 saturated carbocycles. The van der Waals surface area contributed by atoms with Gasteiger partial charge in [-0.1, -0.05) is 17.2 Å². The van der Waals surface area contributed by atoms with Crippen LogP contribution in [0.4, 0.5) is 0 Å². The van der Waals surface area contributed by atoms with Crippen molar-refractivity contribution in [3.63, 3.8) is 0 Å². The summed E-state index contributed by atoms with van der Waals surface area (Å²) in [5.74, 6) is 0.704. The van der Waals surface area contributed by atoms with E-state index in [0.717, 1.165) is 5.46 Å². The van der Waals surface area contributed by atoms with Gasteiger partial charge in [0.05, 0.1) is 24.4 Å². The first kappa shape index (κ1) is 15.7. The SMILES string of the molecule is CC1(C)OB(c2cccc(OCCN=[N+]=[N-])c2)OC1(C)C. The summed E-state index contributed by atoms with van der Waals surface area (Å²) >= 11 is 0. The van der Waals surface area contributed by atoms with E-state index in [1.165, 1.54) is 0 Å². The molecule has 1 aliphatic heterocycles. The fourth-order valence-corrected chi connectivity index (χ4v) is 1.98. The molecule has 0 aliphatic carbocycles. The molecule has 0 N–H and O–H groups in total. The van der Waals surface area contributed by atoms with Gasteiger partial charge in [-0.2, -0.15) is 0 Å². The van der Waals surface area contributed by atoms with Crippen LogP contribution in [-0.2, 0) is 9.31 Å². The summed E-state index contributed by atoms with van der Waals surface area (Å²) < 4.78 is 17.5. The van der Waals surface area contributed by atoms with Gasteiger partial charge < -0.3 is 14.0 Å². The Kier molecular flexibility index (Phi) is 4.47. The van der Waals surface area contributed by atoms with Crippen molar-refractivity contribution in [2.24, 2.45) is 5.11 Å². The molecule has 1 heterocycles. The van der Waals surface area contributed by atoms with Gasteiger partial charge in [0.15, 0.2) is 0 Å². The van der Waals surface area contributed by atoms with E-state index in [-0.39, 0.29) is 11.2 Å². The molecule has 1 fully saturated rings. The summed E-state index contributed by atoms with van der Waals surface area (Å²) in [6, 6.07) is 7.58. The Balaban J connectivity index is 2.06. The number of benzene rings is 1. The lowest BCUT2D eigenvalue weighted by Gasteiger charge is -2.32. The second-order valence-electron chi connectivity index (χ2n) is 5.96. The summed E-state index contributed by atoms with van der Waals surface area (Å²) in [6.45, 7) is 8.73. The van der Waals surface area contributed by atoms with Gasteiger partial charge in [-0.15, -0.1) is 0 Å². The third-order valence-corrected chi connectivity index (χ3v) is 3.91. The Labute approximate surface area is 125 Å². The summed E-state index contributed by atoms with van der Waals surface area (Å²) in [7, 11) is -0.407. The molecule has 1 saturated heterocycles. The largest absolute Gasteiger partial charge is 0.494 e. The molecular formula is C14H20BN3O3. The van der Waals surface area contributed by atoms with E-state index in [4.69, 9.17) is 19.6 Å². The molecule has 0 unspecified atom stereocenters. The molecule has 0 spiro atoms. The summed E-state index contributed by atoms with van der Waals surface area (Å²) in [5.41, 5.74) is 8.40. The summed E-state index contributed by atoms with van der Waals surface area (Å²) in [5, 5.41) is 3.43. The van der Waals surface area contributed by atoms with Crippen molar-refractivity contribution in [1.29, 1.82) is 0 Å². The van der Waals surface area contributed by atoms with Crippen LogP contribution in [0.5, 0.6) is 5.75 Å². The smallest absolute Gasteiger partial charge is 0.493 e. The third kappa shape index (κ3) is 3.50. The normalized spacial score (nSPS) is 19.1. The minimum atomic E-state index is -0.407. The zero-order valence-corrected chi connectivity index (χ0v) is 12.9. The van der Waals surface area contributed by atoms with E-state index in [1.807, 2.05) is 52.0 Å². The number of ether oxygens (including phenoxy) is 1. The van der Waals surface area contributed by atoms with Crippen molar-refractivity contribution in [2.75, 3.05) is 13.2 Å². The van der Waals surface area contributed by atoms with Crippen LogP contribution in [0, 0.1) is 0 Å². The van der Waals surface area contributed by atoms with Crippen molar-refractivity contribution in [2.45, 2.75) is 38.9 Å². The van der Waals surface area contributed by atoms with Crippen molar-refractivity contribution in [1.82, 2.24) is 0 Å². The van der Waals surface area contributed by atoms with E-state index < -0.39 is 7.12 Å². The number of hydrogen-bond acceptors (Lipinski definition) is 4. The topological polar surface area (TPSA) is 76.5 Å². The Hall–Kier alpha value is -1.69. The fourth-order valence-electron chi connectivity index (χ4n) is 1.98. The van der Waals surface area contributed by atoms with E-state index in [1.54, 1.807) is 0 Å². The first-order valence-electron chi connectivity index (χ1n) is 6.95. The predicted molar refractivity (Wildman–Crippen MR) is 81.7 cm³/mol. The second-order valence-corrected chi connectivity index (χ2v) is 5.96. The van der Waals surface area contributed by atoms with Gasteiger partial charge in [-0.25, -0.2) is 0 Å². The zero-order chi connectivity index (χ0) is 15.5. The highest BCUT2D eigenvalue weighted by Crippen LogP contribution is 2.36. The number of hydrogen-bond donors (Lipinski definition) is 0. The van der Waals surface area contributed by atoms with Crippen LogP contribution >= 0.6 is 0 Å². The van der Waals surface area contributed by atoms with Crippen molar-refractivity contribution in [3.05, 3.63) is 34.7 Å². The highest BCUT2D eigenvalue weighted by atomic mass is 16.7. The van der Waals surface area contributed by atoms with Crippen LogP contribution in [-0.4, -0.2) is 31.5 Å². The van der Waals surface area contributed by atoms with E-state index in [0.29, 0.717) is 18.9 Å². The monoisotopic (exact) mass is 289 g/mol. The average Bonchev–Trinajstić information content (AvgIpc) is 2.64. The molecule has 1 aromatic carbocycles. The maximum atomic E-state index is 8.22. The van der Waals surface area contributed by atoms with Gasteiger partial charge in [0.1, 0.15) is 5.75 Å². The minimum absolute atomic E-state index is 0.303. The van der Waals surface area contributed by atoms with Crippen LogP contribution in [0.3, 0.4) is 0 Å². The number of rotatable bonds is 5. The van der Waals surface area contributed by atoms with Gasteiger partial charge in [0, 0.05) is 4.91 Å². The van der Waals surface area contributed by atoms with Gasteiger partial charge in [0.2, 0.25) is 0 Å². The third-order valence-electron chi connectivity index (χ3n) is 3.91. The lowest BCUT2D eigenvalue weighted by Crippen LogP contribution is -2.41. The lowest BCUT2D eigenvalue weighted by atomic mass is 9.79. The van der Waals surface area contributed by atoms with Crippen molar-refractivity contribution < 1.29 is 14.0 Å². The van der Waals surface area contributed by atoms with Gasteiger partial charge in [-0.3, -0.25) is 0 Å². The van der Waals surface area contributed by atoms with Crippen LogP contribution < -0.4 is 10.2 Å². The molecule has 6 nitrogen and oxygen atoms in total. The molecule has 0 aromatic heterocycles. The average molecular weight is 289 g/mol. The summed E-state index contributed by atoms with van der Waals surface area (Å²) in [4.78, 5) is 2.68. The molecule has 2 rings (SSSR count). The van der Waals surface area contributed by atoms with E-state index >= 15 is 0 Å². The molecule has 0 bridgehead atoms. The molecule has 112 valence electrons. The van der Waals surface area contributed by atoms with Gasteiger partial charge >= 0.3 is 7.12 Å². The molecule has 21 heavy (non-hydrogen) atoms. The number of azide groups is 1. The molecule has 1 aromatic rings. The van der Waals surface area contributed by atoms with E-state index in [9.17, 15) is 0 Å². The molecule has 0 amide bonds. The standard InChI is InChI=1S/C14H20BN3O3/c1-13(2)14(3,4)21-15(20-13)11-6-5-7-12(10-11)19-9-8-17-18-16/h5-7,10H,8-9H2,1-4H3. The highest BCUT2D eigenvalue weighted by Gasteiger charge is 2.51. The zero-order valence-electron chi connectivity index (χ0n) is 12.9. The van der Waals surface area contributed by atoms with Crippen molar-refractivity contribution >= 4 is 12.6 Å². The van der Waals surface area contributed by atoms with Crippen LogP contribution in [0.25, 0.3) is 10.4 Å². The van der Waals surface area contributed by atoms with Gasteiger partial charge in [-0.05, 0) is 50.8 Å². The van der Waals surface area contributed by atoms with Crippen molar-refractivity contribution in [3.8, 4) is 5.75 Å². The Morgan fingerprint density at radius 3 is 2.52 bits per heavy atom. The molecule has 0 radical (unpaired) electrons. The Bertz CT molecular complexity index is 540. The summed E-state index contributed by atoms with van der Waals surface area (Å²) in [6.07, 6.45) is 0. The van der Waals surface area contributed by atoms with Crippen LogP contribution in [0.1, 0.15) is 27.7 Å². The molecular weight excluding hydrogens is 269 g/mol. The minimum Gasteiger partial charge on any atom is -0.493 e. The van der Waals surface area contributed by atoms with Crippen LogP contribution in [0.2, 0.25) is 0 Å². The van der Waals surface area contributed by atoms with E-state index in [2.05, 4.69) is 10.0 Å². The molecule has 7 heteroatoms. The maximum absolute atomic E-state index is 8.22. The maximum Gasteiger partial charge on any atom is 0.494 e. The van der Waals surface area contributed by atoms with Gasteiger partial charge in [0.25, 0.3) is 0 Å². The molecule has 1 aliphatic rings. The predicted octanol–water partition coefficient (Wildman–Crippen LogP) is 2.67. The lowest BCUT2D eigenvalue weighted by molar-refractivity contribution is 0.00578.